The molecule has 0 aromatic heterocycles. The summed E-state index contributed by atoms with van der Waals surface area (Å²) in [5.41, 5.74) is -0.436. The molecule has 0 spiro atoms. The molecular weight excluding hydrogens is 522 g/mol. The van der Waals surface area contributed by atoms with E-state index in [-0.39, 0.29) is 18.9 Å². The molecule has 1 saturated carbocycles. The Kier molecular flexibility index (Phi) is 7.97. The molecule has 0 bridgehead atoms. The largest absolute Gasteiger partial charge is 0.471 e. The number of rotatable bonds is 7. The molecule has 4 amide bonds. The Morgan fingerprint density at radius 3 is 2.37 bits per heavy atom. The second-order valence-corrected chi connectivity index (χ2v) is 10.2. The summed E-state index contributed by atoms with van der Waals surface area (Å²) in [7, 11) is 0. The van der Waals surface area contributed by atoms with E-state index < -0.39 is 77.8 Å². The fourth-order valence-corrected chi connectivity index (χ4v) is 5.31. The molecule has 6 atom stereocenters. The molecule has 3 N–H and O–H groups in total. The predicted octanol–water partition coefficient (Wildman–Crippen LogP) is 1.12. The molecule has 3 fully saturated rings. The number of hydrogen-bond donors (Lipinski definition) is 3. The van der Waals surface area contributed by atoms with E-state index in [1.165, 1.54) is 0 Å². The predicted molar refractivity (Wildman–Crippen MR) is 119 cm³/mol. The zero-order valence-corrected chi connectivity index (χ0v) is 20.4. The number of fused-ring (bicyclic) bond motifs is 1. The van der Waals surface area contributed by atoms with Gasteiger partial charge in [0.05, 0.1) is 6.04 Å². The van der Waals surface area contributed by atoms with Gasteiger partial charge in [-0.2, -0.15) is 26.3 Å². The summed E-state index contributed by atoms with van der Waals surface area (Å²) in [5, 5.41) is 6.50. The van der Waals surface area contributed by atoms with E-state index in [9.17, 15) is 45.5 Å². The van der Waals surface area contributed by atoms with E-state index in [2.05, 4.69) is 10.6 Å². The summed E-state index contributed by atoms with van der Waals surface area (Å²) < 4.78 is 76.7. The standard InChI is InChI=1S/C24H26F6N4O4/c1-4-5-15(33-21(38)24(28,29)30)20(37)34-11-14-16(22(14,2)3)17(34)19(36)32-13(6-8-23(25,26)27)10-12-7-9-31-18(12)35/h1,12-17H,5,7,9-11H2,2-3H3,(H,31,35)(H,32,36)(H,33,38)/t12-,13+,14-,15-,16-,17-/m0/s1. The number of terminal acetylenes is 1. The molecule has 0 radical (unpaired) electrons. The highest BCUT2D eigenvalue weighted by Gasteiger charge is 2.69. The molecule has 2 heterocycles. The van der Waals surface area contributed by atoms with E-state index in [0.717, 1.165) is 10.8 Å². The molecular formula is C24H26F6N4O4. The van der Waals surface area contributed by atoms with Crippen LogP contribution in [0.4, 0.5) is 26.3 Å². The number of carbonyl (C=O) groups is 4. The van der Waals surface area contributed by atoms with E-state index in [0.29, 0.717) is 13.0 Å². The van der Waals surface area contributed by atoms with Crippen LogP contribution in [0.15, 0.2) is 0 Å². The molecule has 0 aromatic carbocycles. The molecule has 3 aliphatic rings. The first-order valence-electron chi connectivity index (χ1n) is 11.8. The van der Waals surface area contributed by atoms with Crippen LogP contribution < -0.4 is 16.0 Å². The molecule has 2 aliphatic heterocycles. The van der Waals surface area contributed by atoms with Gasteiger partial charge in [0.1, 0.15) is 12.1 Å². The molecule has 3 rings (SSSR count). The molecule has 8 nitrogen and oxygen atoms in total. The lowest BCUT2D eigenvalue weighted by atomic mass is 9.96. The zero-order chi connectivity index (χ0) is 28.6. The summed E-state index contributed by atoms with van der Waals surface area (Å²) in [6, 6.07) is -4.41. The third-order valence-corrected chi connectivity index (χ3v) is 7.33. The Hall–Kier alpha value is -3.42. The SMILES string of the molecule is C#CC[C@H](NC(=O)C(F)(F)F)C(=O)N1C[C@H]2[C@@H]([C@H]1C(=O)N[C@H](C#CC(F)(F)F)C[C@@H]1CCNC1=O)C2(C)C. The number of amides is 4. The quantitative estimate of drug-likeness (QED) is 0.328. The molecule has 38 heavy (non-hydrogen) atoms. The minimum absolute atomic E-state index is 0.0263. The van der Waals surface area contributed by atoms with Gasteiger partial charge in [-0.25, -0.2) is 0 Å². The number of nitrogens with zero attached hydrogens (tertiary/aromatic N) is 1. The summed E-state index contributed by atoms with van der Waals surface area (Å²) in [4.78, 5) is 51.0. The number of halogens is 6. The summed E-state index contributed by atoms with van der Waals surface area (Å²) in [6.07, 6.45) is -5.43. The number of hydrogen-bond acceptors (Lipinski definition) is 4. The van der Waals surface area contributed by atoms with Crippen molar-refractivity contribution in [3.05, 3.63) is 0 Å². The van der Waals surface area contributed by atoms with Gasteiger partial charge < -0.3 is 20.9 Å². The van der Waals surface area contributed by atoms with Crippen LogP contribution in [0, 0.1) is 47.4 Å². The maximum atomic E-state index is 13.4. The van der Waals surface area contributed by atoms with Crippen LogP contribution in [-0.4, -0.2) is 72.1 Å². The van der Waals surface area contributed by atoms with Crippen molar-refractivity contribution < 1.29 is 45.5 Å². The van der Waals surface area contributed by atoms with Gasteiger partial charge in [-0.15, -0.1) is 12.3 Å². The number of piperidine rings is 1. The van der Waals surface area contributed by atoms with Crippen molar-refractivity contribution in [2.75, 3.05) is 13.1 Å². The third kappa shape index (κ3) is 6.34. The van der Waals surface area contributed by atoms with Crippen LogP contribution in [-0.2, 0) is 19.2 Å². The summed E-state index contributed by atoms with van der Waals surface area (Å²) in [5.74, 6) is -0.934. The van der Waals surface area contributed by atoms with Crippen molar-refractivity contribution >= 4 is 23.6 Å². The molecule has 1 aliphatic carbocycles. The first-order chi connectivity index (χ1) is 17.5. The van der Waals surface area contributed by atoms with Crippen molar-refractivity contribution in [3.63, 3.8) is 0 Å². The lowest BCUT2D eigenvalue weighted by Gasteiger charge is -2.33. The van der Waals surface area contributed by atoms with Gasteiger partial charge in [-0.1, -0.05) is 19.8 Å². The average Bonchev–Trinajstić information content (AvgIpc) is 3.15. The van der Waals surface area contributed by atoms with Crippen LogP contribution in [0.5, 0.6) is 0 Å². The van der Waals surface area contributed by atoms with Gasteiger partial charge in [-0.05, 0) is 30.1 Å². The first kappa shape index (κ1) is 29.1. The zero-order valence-electron chi connectivity index (χ0n) is 20.4. The van der Waals surface area contributed by atoms with Gasteiger partial charge in [0, 0.05) is 31.3 Å². The highest BCUT2D eigenvalue weighted by atomic mass is 19.4. The monoisotopic (exact) mass is 548 g/mol. The summed E-state index contributed by atoms with van der Waals surface area (Å²) >= 11 is 0. The van der Waals surface area contributed by atoms with Gasteiger partial charge in [0.25, 0.3) is 0 Å². The Labute approximate surface area is 214 Å². The fraction of sp³-hybridized carbons (Fsp3) is 0.667. The van der Waals surface area contributed by atoms with Crippen LogP contribution in [0.3, 0.4) is 0 Å². The summed E-state index contributed by atoms with van der Waals surface area (Å²) in [6.45, 7) is 3.93. The Bertz CT molecular complexity index is 1100. The van der Waals surface area contributed by atoms with Crippen molar-refractivity contribution in [1.82, 2.24) is 20.9 Å². The maximum Gasteiger partial charge on any atom is 0.471 e. The Morgan fingerprint density at radius 1 is 1.18 bits per heavy atom. The van der Waals surface area contributed by atoms with Crippen LogP contribution in [0.25, 0.3) is 0 Å². The van der Waals surface area contributed by atoms with Crippen molar-refractivity contribution in [1.29, 1.82) is 0 Å². The second-order valence-electron chi connectivity index (χ2n) is 10.2. The van der Waals surface area contributed by atoms with Crippen molar-refractivity contribution in [2.24, 2.45) is 23.2 Å². The van der Waals surface area contributed by atoms with Crippen molar-refractivity contribution in [2.45, 2.75) is 63.6 Å². The first-order valence-corrected chi connectivity index (χ1v) is 11.8. The van der Waals surface area contributed by atoms with Crippen molar-refractivity contribution in [3.8, 4) is 24.2 Å². The van der Waals surface area contributed by atoms with Crippen LogP contribution >= 0.6 is 0 Å². The molecule has 0 unspecified atom stereocenters. The number of likely N-dealkylation sites (tertiary alicyclic amines) is 1. The highest BCUT2D eigenvalue weighted by molar-refractivity contribution is 5.94. The van der Waals surface area contributed by atoms with Crippen LogP contribution in [0.1, 0.15) is 33.1 Å². The minimum atomic E-state index is -5.28. The van der Waals surface area contributed by atoms with Gasteiger partial charge >= 0.3 is 18.3 Å². The number of carbonyl (C=O) groups excluding carboxylic acids is 4. The van der Waals surface area contributed by atoms with E-state index >= 15 is 0 Å². The lowest BCUT2D eigenvalue weighted by molar-refractivity contribution is -0.175. The lowest BCUT2D eigenvalue weighted by Crippen LogP contribution is -2.57. The maximum absolute atomic E-state index is 13.4. The van der Waals surface area contributed by atoms with E-state index in [1.54, 1.807) is 5.32 Å². The normalized spacial score (nSPS) is 27.1. The molecule has 14 heteroatoms. The second kappa shape index (κ2) is 10.4. The Morgan fingerprint density at radius 2 is 1.84 bits per heavy atom. The van der Waals surface area contributed by atoms with Gasteiger partial charge in [-0.3, -0.25) is 19.2 Å². The fourth-order valence-electron chi connectivity index (χ4n) is 5.31. The molecule has 2 saturated heterocycles. The van der Waals surface area contributed by atoms with Gasteiger partial charge in [0.2, 0.25) is 17.7 Å². The highest BCUT2D eigenvalue weighted by Crippen LogP contribution is 2.64. The molecule has 208 valence electrons. The average molecular weight is 548 g/mol. The van der Waals surface area contributed by atoms with Gasteiger partial charge in [0.15, 0.2) is 0 Å². The van der Waals surface area contributed by atoms with E-state index in [1.807, 2.05) is 25.7 Å². The number of nitrogens with one attached hydrogen (secondary N) is 3. The van der Waals surface area contributed by atoms with E-state index in [4.69, 9.17) is 6.42 Å². The third-order valence-electron chi connectivity index (χ3n) is 7.33. The topological polar surface area (TPSA) is 108 Å². The minimum Gasteiger partial charge on any atom is -0.356 e. The number of alkyl halides is 6. The molecule has 0 aromatic rings. The van der Waals surface area contributed by atoms with Crippen LogP contribution in [0.2, 0.25) is 0 Å². The smallest absolute Gasteiger partial charge is 0.356 e. The Balaban J connectivity index is 1.84.